The molecule has 0 aliphatic carbocycles. The summed E-state index contributed by atoms with van der Waals surface area (Å²) in [7, 11) is -2.67. The van der Waals surface area contributed by atoms with Crippen molar-refractivity contribution in [3.05, 3.63) is 29.8 Å². The summed E-state index contributed by atoms with van der Waals surface area (Å²) in [5.74, 6) is -4.66. The van der Waals surface area contributed by atoms with Crippen LogP contribution in [0.2, 0.25) is 0 Å². The van der Waals surface area contributed by atoms with Gasteiger partial charge in [0.25, 0.3) is 10.1 Å². The molecule has 0 aromatic heterocycles. The number of unbranched alkanes of at least 4 members (excludes halogenated alkanes) is 1. The van der Waals surface area contributed by atoms with Gasteiger partial charge in [-0.05, 0) is 59.1 Å². The second-order valence-electron chi connectivity index (χ2n) is 12.3. The molecule has 1 amide bonds. The molecule has 2 saturated heterocycles. The van der Waals surface area contributed by atoms with Gasteiger partial charge in [0.15, 0.2) is 0 Å². The maximum atomic E-state index is 14.3. The minimum Gasteiger partial charge on any atom is -0.481 e. The van der Waals surface area contributed by atoms with E-state index in [0.717, 1.165) is 12.0 Å². The van der Waals surface area contributed by atoms with Crippen molar-refractivity contribution < 1.29 is 46.3 Å². The number of Topliss-reactive ketones (excluding diaryl/α,β-unsaturated/α-hetero) is 1. The highest BCUT2D eigenvalue weighted by Crippen LogP contribution is 2.55. The number of ketones is 1. The highest BCUT2D eigenvalue weighted by Gasteiger charge is 2.69. The van der Waals surface area contributed by atoms with E-state index >= 15 is 0 Å². The minimum atomic E-state index is -4.13. The molecule has 2 aliphatic rings. The average molecular weight is 612 g/mol. The van der Waals surface area contributed by atoms with Crippen molar-refractivity contribution in [3.63, 3.8) is 0 Å². The van der Waals surface area contributed by atoms with Gasteiger partial charge in [0.05, 0.1) is 35.0 Å². The number of hydrogen-bond donors (Lipinski definition) is 1. The molecule has 1 N–H and O–H groups in total. The Morgan fingerprint density at radius 1 is 1.19 bits per heavy atom. The van der Waals surface area contributed by atoms with Crippen LogP contribution in [0, 0.1) is 24.7 Å². The lowest BCUT2D eigenvalue weighted by molar-refractivity contribution is -0.164. The fourth-order valence-electron chi connectivity index (χ4n) is 6.43. The van der Waals surface area contributed by atoms with Crippen molar-refractivity contribution in [3.8, 4) is 0 Å². The Labute approximate surface area is 249 Å². The maximum absolute atomic E-state index is 14.3. The van der Waals surface area contributed by atoms with Gasteiger partial charge in [0.1, 0.15) is 18.2 Å². The molecule has 3 rings (SSSR count). The minimum absolute atomic E-state index is 0.0150. The molecule has 2 aliphatic heterocycles. The van der Waals surface area contributed by atoms with E-state index < -0.39 is 63.2 Å². The predicted octanol–water partition coefficient (Wildman–Crippen LogP) is 4.55. The number of aryl methyl sites for hydroxylation is 1. The Balaban J connectivity index is 2.10. The molecule has 2 bridgehead atoms. The van der Waals surface area contributed by atoms with Gasteiger partial charge in [0.2, 0.25) is 0 Å². The third-order valence-corrected chi connectivity index (χ3v) is 9.60. The molecule has 236 valence electrons. The molecule has 6 atom stereocenters. The van der Waals surface area contributed by atoms with Crippen molar-refractivity contribution in [2.24, 2.45) is 17.8 Å². The number of piperidine rings is 1. The van der Waals surface area contributed by atoms with Gasteiger partial charge in [-0.2, -0.15) is 8.42 Å². The molecule has 0 saturated carbocycles. The molecule has 42 heavy (non-hydrogen) atoms. The van der Waals surface area contributed by atoms with Gasteiger partial charge < -0.3 is 19.3 Å². The number of carboxylic acids is 1. The molecule has 12 heteroatoms. The number of rotatable bonds is 13. The third kappa shape index (κ3) is 6.98. The lowest BCUT2D eigenvalue weighted by atomic mass is 9.66. The van der Waals surface area contributed by atoms with Crippen LogP contribution in [0.4, 0.5) is 4.79 Å². The molecule has 2 heterocycles. The van der Waals surface area contributed by atoms with Crippen LogP contribution in [0.15, 0.2) is 29.2 Å². The van der Waals surface area contributed by atoms with Gasteiger partial charge in [-0.25, -0.2) is 4.79 Å². The summed E-state index contributed by atoms with van der Waals surface area (Å²) in [5, 5.41) is 9.98. The highest BCUT2D eigenvalue weighted by atomic mass is 32.2. The monoisotopic (exact) mass is 611 g/mol. The fourth-order valence-corrected chi connectivity index (χ4v) is 7.35. The van der Waals surface area contributed by atoms with Crippen LogP contribution in [0.25, 0.3) is 0 Å². The van der Waals surface area contributed by atoms with Crippen molar-refractivity contribution >= 4 is 28.0 Å². The quantitative estimate of drug-likeness (QED) is 0.249. The molecule has 0 spiro atoms. The summed E-state index contributed by atoms with van der Waals surface area (Å²) in [6.45, 7) is 10.0. The van der Waals surface area contributed by atoms with E-state index in [0.29, 0.717) is 12.8 Å². The van der Waals surface area contributed by atoms with Gasteiger partial charge in [-0.15, -0.1) is 0 Å². The number of carbonyl (C=O) groups is 3. The van der Waals surface area contributed by atoms with Crippen LogP contribution in [-0.2, 0) is 38.1 Å². The van der Waals surface area contributed by atoms with E-state index in [9.17, 15) is 27.9 Å². The smallest absolute Gasteiger partial charge is 0.411 e. The first kappa shape index (κ1) is 34.0. The van der Waals surface area contributed by atoms with Crippen LogP contribution >= 0.6 is 0 Å². The summed E-state index contributed by atoms with van der Waals surface area (Å²) >= 11 is 0. The molecule has 0 radical (unpaired) electrons. The molecular weight excluding hydrogens is 566 g/mol. The summed E-state index contributed by atoms with van der Waals surface area (Å²) < 4.78 is 48.5. The number of fused-ring (bicyclic) bond motifs is 2. The Morgan fingerprint density at radius 3 is 2.38 bits per heavy atom. The number of benzene rings is 1. The lowest BCUT2D eigenvalue weighted by Crippen LogP contribution is -2.68. The van der Waals surface area contributed by atoms with Crippen LogP contribution in [0.1, 0.15) is 72.3 Å². The molecule has 1 aromatic carbocycles. The SMILES string of the molecule is CCCC[C@@]12[C@@H](OCOC)C[C@@H]([C@@H]([C@H](C)C(=O)O)C(=O)[C@@H]1CCOS(=O)(=O)c1ccc(C)cc1)N2C(=O)OC(C)(C)C. The Hall–Kier alpha value is -2.54. The molecule has 11 nitrogen and oxygen atoms in total. The van der Waals surface area contributed by atoms with E-state index in [2.05, 4.69) is 0 Å². The highest BCUT2D eigenvalue weighted by molar-refractivity contribution is 7.86. The summed E-state index contributed by atoms with van der Waals surface area (Å²) in [6, 6.07) is 5.43. The first-order valence-electron chi connectivity index (χ1n) is 14.5. The third-order valence-electron chi connectivity index (χ3n) is 8.27. The number of ether oxygens (including phenoxy) is 3. The normalized spacial score (nSPS) is 26.7. The van der Waals surface area contributed by atoms with Gasteiger partial charge in [-0.1, -0.05) is 44.4 Å². The maximum Gasteiger partial charge on any atom is 0.411 e. The number of aliphatic carboxylic acids is 1. The van der Waals surface area contributed by atoms with E-state index in [1.54, 1.807) is 37.8 Å². The fraction of sp³-hybridized carbons (Fsp3) is 0.700. The van der Waals surface area contributed by atoms with Crippen molar-refractivity contribution in [2.75, 3.05) is 20.5 Å². The largest absolute Gasteiger partial charge is 0.481 e. The van der Waals surface area contributed by atoms with Crippen molar-refractivity contribution in [2.45, 2.75) is 102 Å². The number of carboxylic acid groups (broad SMARTS) is 1. The molecule has 1 aromatic rings. The van der Waals surface area contributed by atoms with Gasteiger partial charge >= 0.3 is 12.1 Å². The van der Waals surface area contributed by atoms with E-state index in [4.69, 9.17) is 18.4 Å². The Morgan fingerprint density at radius 2 is 1.83 bits per heavy atom. The zero-order chi connectivity index (χ0) is 31.5. The molecule has 2 fully saturated rings. The second kappa shape index (κ2) is 13.4. The van der Waals surface area contributed by atoms with Crippen LogP contribution in [-0.4, -0.2) is 80.1 Å². The Kier molecular flexibility index (Phi) is 10.8. The molecular formula is C30H45NO10S. The summed E-state index contributed by atoms with van der Waals surface area (Å²) in [4.78, 5) is 42.0. The number of carbonyl (C=O) groups excluding carboxylic acids is 2. The van der Waals surface area contributed by atoms with Crippen LogP contribution in [0.3, 0.4) is 0 Å². The first-order chi connectivity index (χ1) is 19.6. The van der Waals surface area contributed by atoms with E-state index in [-0.39, 0.29) is 36.9 Å². The van der Waals surface area contributed by atoms with E-state index in [1.807, 2.05) is 13.8 Å². The van der Waals surface area contributed by atoms with E-state index in [1.165, 1.54) is 26.2 Å². The summed E-state index contributed by atoms with van der Waals surface area (Å²) in [6.07, 6.45) is 0.525. The second-order valence-corrected chi connectivity index (χ2v) is 13.9. The zero-order valence-electron chi connectivity index (χ0n) is 25.6. The number of amides is 1. The van der Waals surface area contributed by atoms with Crippen LogP contribution in [0.5, 0.6) is 0 Å². The number of hydrogen-bond acceptors (Lipinski definition) is 9. The standard InChI is InChI=1S/C30H45NO10S/c1-8-9-15-30-22(14-16-40-42(36,37)21-12-10-19(2)11-13-21)26(32)25(20(3)27(33)34)23(17-24(30)39-18-38-7)31(30)28(35)41-29(4,5)6/h10-13,20,22-25H,8-9,14-18H2,1-7H3,(H,33,34)/t20-,22-,23-,24-,25+,30-/m0/s1. The first-order valence-corrected chi connectivity index (χ1v) is 15.9. The van der Waals surface area contributed by atoms with Crippen molar-refractivity contribution in [1.82, 2.24) is 4.90 Å². The Bertz CT molecular complexity index is 1230. The zero-order valence-corrected chi connectivity index (χ0v) is 26.4. The van der Waals surface area contributed by atoms with Gasteiger partial charge in [-0.3, -0.25) is 18.7 Å². The van der Waals surface area contributed by atoms with Crippen molar-refractivity contribution in [1.29, 1.82) is 0 Å². The lowest BCUT2D eigenvalue weighted by Gasteiger charge is -2.53. The summed E-state index contributed by atoms with van der Waals surface area (Å²) in [5.41, 5.74) is -1.19. The van der Waals surface area contributed by atoms with Gasteiger partial charge in [0, 0.05) is 19.1 Å². The predicted molar refractivity (Wildman–Crippen MR) is 153 cm³/mol. The van der Waals surface area contributed by atoms with Crippen LogP contribution < -0.4 is 0 Å². The number of methoxy groups -OCH3 is 1. The average Bonchev–Trinajstić information content (AvgIpc) is 3.17. The number of nitrogens with zero attached hydrogens (tertiary/aromatic N) is 1. The topological polar surface area (TPSA) is 146 Å². The molecule has 0 unspecified atom stereocenters.